The van der Waals surface area contributed by atoms with Gasteiger partial charge in [0.1, 0.15) is 0 Å². The van der Waals surface area contributed by atoms with Gasteiger partial charge >= 0.3 is 8.60 Å². The third-order valence-corrected chi connectivity index (χ3v) is 3.06. The van der Waals surface area contributed by atoms with Crippen molar-refractivity contribution in [1.82, 2.24) is 0 Å². The molecular formula is C7H15O3P. The molecule has 4 heteroatoms. The van der Waals surface area contributed by atoms with E-state index in [-0.39, 0.29) is 6.10 Å². The summed E-state index contributed by atoms with van der Waals surface area (Å²) in [6, 6.07) is 0. The molecule has 3 unspecified atom stereocenters. The van der Waals surface area contributed by atoms with Crippen molar-refractivity contribution in [1.29, 1.82) is 0 Å². The largest absolute Gasteiger partial charge is 0.332 e. The van der Waals surface area contributed by atoms with E-state index in [1.807, 2.05) is 6.92 Å². The van der Waals surface area contributed by atoms with Gasteiger partial charge in [0, 0.05) is 5.92 Å². The summed E-state index contributed by atoms with van der Waals surface area (Å²) < 4.78 is 16.0. The maximum Gasteiger partial charge on any atom is 0.332 e. The lowest BCUT2D eigenvalue weighted by molar-refractivity contribution is 0.0319. The first-order valence-corrected chi connectivity index (χ1v) is 5.06. The summed E-state index contributed by atoms with van der Waals surface area (Å²) in [6.45, 7) is 7.53. The second-order valence-corrected chi connectivity index (χ2v) is 3.90. The van der Waals surface area contributed by atoms with Crippen LogP contribution in [0.4, 0.5) is 0 Å². The molecule has 0 saturated carbocycles. The molecule has 0 aromatic carbocycles. The van der Waals surface area contributed by atoms with Gasteiger partial charge in [-0.1, -0.05) is 6.92 Å². The van der Waals surface area contributed by atoms with E-state index in [9.17, 15) is 0 Å². The van der Waals surface area contributed by atoms with Crippen LogP contribution < -0.4 is 0 Å². The predicted molar refractivity (Wildman–Crippen MR) is 44.2 cm³/mol. The Morgan fingerprint density at radius 2 is 2.27 bits per heavy atom. The zero-order valence-electron chi connectivity index (χ0n) is 7.24. The molecule has 0 aliphatic carbocycles. The minimum absolute atomic E-state index is 0.265. The molecule has 3 nitrogen and oxygen atoms in total. The van der Waals surface area contributed by atoms with Crippen molar-refractivity contribution in [2.24, 2.45) is 5.92 Å². The fraction of sp³-hybridized carbons (Fsp3) is 1.00. The van der Waals surface area contributed by atoms with Crippen LogP contribution in [0.2, 0.25) is 0 Å². The summed E-state index contributed by atoms with van der Waals surface area (Å²) in [5, 5.41) is 0. The summed E-state index contributed by atoms with van der Waals surface area (Å²) >= 11 is 0. The lowest BCUT2D eigenvalue weighted by Crippen LogP contribution is -2.25. The average Bonchev–Trinajstić information content (AvgIpc) is 1.98. The van der Waals surface area contributed by atoms with Crippen LogP contribution in [0.1, 0.15) is 20.8 Å². The van der Waals surface area contributed by atoms with Gasteiger partial charge in [-0.05, 0) is 13.8 Å². The zero-order valence-corrected chi connectivity index (χ0v) is 8.14. The highest BCUT2D eigenvalue weighted by molar-refractivity contribution is 7.41. The molecule has 0 radical (unpaired) electrons. The van der Waals surface area contributed by atoms with Crippen LogP contribution in [0.5, 0.6) is 0 Å². The van der Waals surface area contributed by atoms with Gasteiger partial charge in [0.2, 0.25) is 0 Å². The Kier molecular flexibility index (Phi) is 3.73. The third kappa shape index (κ3) is 2.68. The Morgan fingerprint density at radius 3 is 2.82 bits per heavy atom. The van der Waals surface area contributed by atoms with Crippen LogP contribution in [0.25, 0.3) is 0 Å². The molecule has 0 aromatic rings. The van der Waals surface area contributed by atoms with Crippen molar-refractivity contribution in [3.63, 3.8) is 0 Å². The fourth-order valence-electron chi connectivity index (χ4n) is 0.757. The number of rotatable bonds is 2. The molecule has 0 bridgehead atoms. The number of hydrogen-bond donors (Lipinski definition) is 0. The Labute approximate surface area is 69.0 Å². The molecule has 1 heterocycles. The van der Waals surface area contributed by atoms with E-state index in [0.29, 0.717) is 12.5 Å². The molecule has 1 rings (SSSR count). The standard InChI is InChI=1S/C7H15O3P/c1-4-8-11-9-5-6(2)7(3)10-11/h6-7H,4-5H2,1-3H3. The summed E-state index contributed by atoms with van der Waals surface area (Å²) in [7, 11) is -1.04. The van der Waals surface area contributed by atoms with E-state index in [4.69, 9.17) is 13.6 Å². The predicted octanol–water partition coefficient (Wildman–Crippen LogP) is 2.32. The highest BCUT2D eigenvalue weighted by atomic mass is 31.2. The summed E-state index contributed by atoms with van der Waals surface area (Å²) in [6.07, 6.45) is 0.265. The molecule has 1 fully saturated rings. The summed E-state index contributed by atoms with van der Waals surface area (Å²) in [5.41, 5.74) is 0. The molecule has 1 saturated heterocycles. The van der Waals surface area contributed by atoms with Crippen molar-refractivity contribution >= 4 is 8.60 Å². The first kappa shape index (κ1) is 9.40. The molecule has 3 atom stereocenters. The van der Waals surface area contributed by atoms with E-state index in [0.717, 1.165) is 6.61 Å². The molecule has 0 N–H and O–H groups in total. The Balaban J connectivity index is 2.28. The Hall–Kier alpha value is 0.310. The lowest BCUT2D eigenvalue weighted by atomic mass is 10.1. The molecule has 0 aromatic heterocycles. The van der Waals surface area contributed by atoms with E-state index in [1.165, 1.54) is 0 Å². The van der Waals surface area contributed by atoms with Gasteiger partial charge in [-0.15, -0.1) is 0 Å². The van der Waals surface area contributed by atoms with Gasteiger partial charge in [-0.2, -0.15) is 0 Å². The minimum Gasteiger partial charge on any atom is -0.313 e. The summed E-state index contributed by atoms with van der Waals surface area (Å²) in [4.78, 5) is 0. The van der Waals surface area contributed by atoms with Crippen LogP contribution in [-0.4, -0.2) is 19.3 Å². The van der Waals surface area contributed by atoms with Gasteiger partial charge in [-0.3, -0.25) is 0 Å². The Bertz CT molecular complexity index is 120. The maximum atomic E-state index is 5.46. The fourth-order valence-corrected chi connectivity index (χ4v) is 2.00. The van der Waals surface area contributed by atoms with Crippen molar-refractivity contribution in [2.75, 3.05) is 13.2 Å². The van der Waals surface area contributed by atoms with E-state index >= 15 is 0 Å². The third-order valence-electron chi connectivity index (χ3n) is 1.73. The molecular weight excluding hydrogens is 163 g/mol. The van der Waals surface area contributed by atoms with Crippen molar-refractivity contribution < 1.29 is 13.6 Å². The minimum atomic E-state index is -1.04. The van der Waals surface area contributed by atoms with Crippen LogP contribution >= 0.6 is 8.60 Å². The SMILES string of the molecule is CCOP1OCC(C)C(C)O1. The van der Waals surface area contributed by atoms with E-state index in [2.05, 4.69) is 13.8 Å². The lowest BCUT2D eigenvalue weighted by Gasteiger charge is -2.30. The van der Waals surface area contributed by atoms with Gasteiger partial charge in [0.05, 0.1) is 19.3 Å². The van der Waals surface area contributed by atoms with Crippen LogP contribution in [-0.2, 0) is 13.6 Å². The quantitative estimate of drug-likeness (QED) is 0.607. The smallest absolute Gasteiger partial charge is 0.313 e. The van der Waals surface area contributed by atoms with Gasteiger partial charge in [0.25, 0.3) is 0 Å². The topological polar surface area (TPSA) is 27.7 Å². The van der Waals surface area contributed by atoms with Crippen molar-refractivity contribution in [2.45, 2.75) is 26.9 Å². The Morgan fingerprint density at radius 1 is 1.55 bits per heavy atom. The molecule has 1 aliphatic heterocycles. The normalized spacial score (nSPS) is 39.0. The highest BCUT2D eigenvalue weighted by Crippen LogP contribution is 2.45. The molecule has 0 amide bonds. The molecule has 11 heavy (non-hydrogen) atoms. The van der Waals surface area contributed by atoms with Crippen LogP contribution in [0, 0.1) is 5.92 Å². The first-order valence-electron chi connectivity index (χ1n) is 3.96. The van der Waals surface area contributed by atoms with Gasteiger partial charge < -0.3 is 13.6 Å². The molecule has 66 valence electrons. The zero-order chi connectivity index (χ0) is 8.27. The second-order valence-electron chi connectivity index (χ2n) is 2.72. The van der Waals surface area contributed by atoms with E-state index in [1.54, 1.807) is 0 Å². The van der Waals surface area contributed by atoms with Crippen molar-refractivity contribution in [3.05, 3.63) is 0 Å². The van der Waals surface area contributed by atoms with Gasteiger partial charge in [0.15, 0.2) is 0 Å². The van der Waals surface area contributed by atoms with E-state index < -0.39 is 8.60 Å². The monoisotopic (exact) mass is 178 g/mol. The van der Waals surface area contributed by atoms with Crippen molar-refractivity contribution in [3.8, 4) is 0 Å². The first-order chi connectivity index (χ1) is 5.24. The molecule has 1 aliphatic rings. The number of hydrogen-bond acceptors (Lipinski definition) is 3. The molecule has 0 spiro atoms. The highest BCUT2D eigenvalue weighted by Gasteiger charge is 2.27. The van der Waals surface area contributed by atoms with Crippen LogP contribution in [0.15, 0.2) is 0 Å². The van der Waals surface area contributed by atoms with Gasteiger partial charge in [-0.25, -0.2) is 0 Å². The summed E-state index contributed by atoms with van der Waals surface area (Å²) in [5.74, 6) is 0.481. The van der Waals surface area contributed by atoms with Crippen LogP contribution in [0.3, 0.4) is 0 Å². The average molecular weight is 178 g/mol. The maximum absolute atomic E-state index is 5.46. The second kappa shape index (κ2) is 4.36.